The van der Waals surface area contributed by atoms with Crippen molar-refractivity contribution in [2.45, 2.75) is 13.5 Å². The lowest BCUT2D eigenvalue weighted by Crippen LogP contribution is -2.02. The molecule has 0 fully saturated rings. The minimum atomic E-state index is -0.257. The van der Waals surface area contributed by atoms with Gasteiger partial charge in [0.1, 0.15) is 24.0 Å². The average molecular weight is 246 g/mol. The van der Waals surface area contributed by atoms with Crippen LogP contribution in [0, 0.1) is 12.7 Å². The van der Waals surface area contributed by atoms with Gasteiger partial charge in [-0.25, -0.2) is 9.37 Å². The molecule has 0 atom stereocenters. The minimum absolute atomic E-state index is 0.257. The highest BCUT2D eigenvalue weighted by molar-refractivity contribution is 5.42. The molecule has 0 aliphatic carbocycles. The van der Waals surface area contributed by atoms with E-state index in [9.17, 15) is 4.39 Å². The summed E-state index contributed by atoms with van der Waals surface area (Å²) in [4.78, 5) is 4.18. The molecule has 1 N–H and O–H groups in total. The Kier molecular flexibility index (Phi) is 3.77. The van der Waals surface area contributed by atoms with E-state index in [-0.39, 0.29) is 5.82 Å². The van der Waals surface area contributed by atoms with Gasteiger partial charge in [-0.3, -0.25) is 0 Å². The third-order valence-electron chi connectivity index (χ3n) is 2.67. The molecule has 4 heteroatoms. The largest absolute Gasteiger partial charge is 0.489 e. The smallest absolute Gasteiger partial charge is 0.132 e. The normalized spacial score (nSPS) is 10.2. The maximum absolute atomic E-state index is 13.3. The van der Waals surface area contributed by atoms with Gasteiger partial charge in [0.25, 0.3) is 0 Å². The topological polar surface area (TPSA) is 34.2 Å². The van der Waals surface area contributed by atoms with E-state index in [4.69, 9.17) is 4.74 Å². The van der Waals surface area contributed by atoms with E-state index in [1.807, 2.05) is 12.1 Å². The number of nitrogens with zero attached hydrogens (tertiary/aromatic N) is 1. The van der Waals surface area contributed by atoms with Crippen LogP contribution < -0.4 is 10.1 Å². The third kappa shape index (κ3) is 2.77. The van der Waals surface area contributed by atoms with Crippen LogP contribution in [0.4, 0.5) is 10.2 Å². The van der Waals surface area contributed by atoms with E-state index in [0.29, 0.717) is 17.9 Å². The predicted molar refractivity (Wildman–Crippen MR) is 69.3 cm³/mol. The van der Waals surface area contributed by atoms with Crippen LogP contribution in [0.15, 0.2) is 36.5 Å². The molecule has 18 heavy (non-hydrogen) atoms. The van der Waals surface area contributed by atoms with E-state index >= 15 is 0 Å². The third-order valence-corrected chi connectivity index (χ3v) is 2.67. The number of pyridine rings is 1. The van der Waals surface area contributed by atoms with Gasteiger partial charge in [-0.2, -0.15) is 0 Å². The maximum atomic E-state index is 13.3. The molecule has 94 valence electrons. The molecule has 2 aromatic rings. The number of ether oxygens (including phenoxy) is 1. The quantitative estimate of drug-likeness (QED) is 0.899. The maximum Gasteiger partial charge on any atom is 0.132 e. The zero-order valence-electron chi connectivity index (χ0n) is 10.4. The van der Waals surface area contributed by atoms with Crippen molar-refractivity contribution in [1.29, 1.82) is 0 Å². The second kappa shape index (κ2) is 5.49. The number of hydrogen-bond acceptors (Lipinski definition) is 3. The number of aromatic nitrogens is 1. The Morgan fingerprint density at radius 2 is 2.17 bits per heavy atom. The van der Waals surface area contributed by atoms with Gasteiger partial charge in [0, 0.05) is 24.9 Å². The van der Waals surface area contributed by atoms with Crippen LogP contribution in [0.3, 0.4) is 0 Å². The molecule has 0 radical (unpaired) electrons. The van der Waals surface area contributed by atoms with E-state index in [1.54, 1.807) is 32.3 Å². The zero-order valence-corrected chi connectivity index (χ0v) is 10.4. The molecular weight excluding hydrogens is 231 g/mol. The minimum Gasteiger partial charge on any atom is -0.489 e. The molecule has 0 unspecified atom stereocenters. The van der Waals surface area contributed by atoms with Crippen molar-refractivity contribution in [2.24, 2.45) is 0 Å². The van der Waals surface area contributed by atoms with Gasteiger partial charge < -0.3 is 10.1 Å². The van der Waals surface area contributed by atoms with E-state index in [2.05, 4.69) is 10.3 Å². The number of rotatable bonds is 4. The number of anilines is 1. The molecular formula is C14H15FN2O. The van der Waals surface area contributed by atoms with Gasteiger partial charge >= 0.3 is 0 Å². The molecule has 3 nitrogen and oxygen atoms in total. The standard InChI is InChI=1S/C14H15FN2O/c1-10-5-6-12(8-13(10)15)18-9-11-4-3-7-17-14(11)16-2/h3-8H,9H2,1-2H3,(H,16,17). The fourth-order valence-corrected chi connectivity index (χ4v) is 1.60. The Morgan fingerprint density at radius 3 is 2.89 bits per heavy atom. The molecule has 1 heterocycles. The Morgan fingerprint density at radius 1 is 1.33 bits per heavy atom. The van der Waals surface area contributed by atoms with Crippen LogP contribution in [-0.4, -0.2) is 12.0 Å². The van der Waals surface area contributed by atoms with E-state index in [0.717, 1.165) is 11.4 Å². The van der Waals surface area contributed by atoms with Crippen LogP contribution in [0.5, 0.6) is 5.75 Å². The van der Waals surface area contributed by atoms with E-state index < -0.39 is 0 Å². The van der Waals surface area contributed by atoms with Crippen LogP contribution in [0.1, 0.15) is 11.1 Å². The van der Waals surface area contributed by atoms with Gasteiger partial charge in [0.15, 0.2) is 0 Å². The molecule has 0 aliphatic rings. The lowest BCUT2D eigenvalue weighted by Gasteiger charge is -2.10. The molecule has 1 aromatic carbocycles. The first-order valence-electron chi connectivity index (χ1n) is 5.71. The van der Waals surface area contributed by atoms with E-state index in [1.165, 1.54) is 6.07 Å². The summed E-state index contributed by atoms with van der Waals surface area (Å²) in [6.45, 7) is 2.08. The van der Waals surface area contributed by atoms with Gasteiger partial charge in [0.2, 0.25) is 0 Å². The van der Waals surface area contributed by atoms with Crippen molar-refractivity contribution >= 4 is 5.82 Å². The predicted octanol–water partition coefficient (Wildman–Crippen LogP) is 3.15. The summed E-state index contributed by atoms with van der Waals surface area (Å²) in [5.41, 5.74) is 1.54. The Balaban J connectivity index is 2.09. The summed E-state index contributed by atoms with van der Waals surface area (Å²) in [6, 6.07) is 8.62. The molecule has 1 aromatic heterocycles. The van der Waals surface area contributed by atoms with Gasteiger partial charge in [-0.05, 0) is 24.6 Å². The molecule has 0 spiro atoms. The molecule has 2 rings (SSSR count). The molecule has 0 bridgehead atoms. The van der Waals surface area contributed by atoms with Gasteiger partial charge in [-0.1, -0.05) is 12.1 Å². The van der Waals surface area contributed by atoms with Crippen LogP contribution in [-0.2, 0) is 6.61 Å². The van der Waals surface area contributed by atoms with Gasteiger partial charge in [0.05, 0.1) is 0 Å². The second-order valence-corrected chi connectivity index (χ2v) is 3.96. The number of hydrogen-bond donors (Lipinski definition) is 1. The van der Waals surface area contributed by atoms with Crippen molar-refractivity contribution in [1.82, 2.24) is 4.98 Å². The highest BCUT2D eigenvalue weighted by Crippen LogP contribution is 2.19. The highest BCUT2D eigenvalue weighted by Gasteiger charge is 2.04. The monoisotopic (exact) mass is 246 g/mol. The first kappa shape index (κ1) is 12.4. The highest BCUT2D eigenvalue weighted by atomic mass is 19.1. The molecule has 0 aliphatic heterocycles. The Bertz CT molecular complexity index is 543. The van der Waals surface area contributed by atoms with Crippen molar-refractivity contribution in [3.8, 4) is 5.75 Å². The fourth-order valence-electron chi connectivity index (χ4n) is 1.60. The van der Waals surface area contributed by atoms with Crippen LogP contribution in [0.2, 0.25) is 0 Å². The lowest BCUT2D eigenvalue weighted by atomic mass is 10.2. The zero-order chi connectivity index (χ0) is 13.0. The first-order chi connectivity index (χ1) is 8.70. The van der Waals surface area contributed by atoms with Crippen molar-refractivity contribution in [3.05, 3.63) is 53.5 Å². The van der Waals surface area contributed by atoms with Crippen molar-refractivity contribution in [2.75, 3.05) is 12.4 Å². The molecule has 0 saturated heterocycles. The summed E-state index contributed by atoms with van der Waals surface area (Å²) < 4.78 is 18.9. The summed E-state index contributed by atoms with van der Waals surface area (Å²) in [5, 5.41) is 2.99. The summed E-state index contributed by atoms with van der Waals surface area (Å²) in [5.74, 6) is 1.03. The SMILES string of the molecule is CNc1ncccc1COc1ccc(C)c(F)c1. The van der Waals surface area contributed by atoms with Crippen molar-refractivity contribution < 1.29 is 9.13 Å². The van der Waals surface area contributed by atoms with Crippen LogP contribution >= 0.6 is 0 Å². The summed E-state index contributed by atoms with van der Waals surface area (Å²) in [6.07, 6.45) is 1.71. The number of aryl methyl sites for hydroxylation is 1. The summed E-state index contributed by atoms with van der Waals surface area (Å²) in [7, 11) is 1.80. The number of halogens is 1. The Hall–Kier alpha value is -2.10. The molecule has 0 amide bonds. The van der Waals surface area contributed by atoms with Gasteiger partial charge in [-0.15, -0.1) is 0 Å². The first-order valence-corrected chi connectivity index (χ1v) is 5.71. The fraction of sp³-hybridized carbons (Fsp3) is 0.214. The molecule has 0 saturated carbocycles. The second-order valence-electron chi connectivity index (χ2n) is 3.96. The van der Waals surface area contributed by atoms with Crippen molar-refractivity contribution in [3.63, 3.8) is 0 Å². The Labute approximate surface area is 106 Å². The number of nitrogens with one attached hydrogen (secondary N) is 1. The summed E-state index contributed by atoms with van der Waals surface area (Å²) >= 11 is 0. The average Bonchev–Trinajstić information content (AvgIpc) is 2.40. The number of benzene rings is 1. The lowest BCUT2D eigenvalue weighted by molar-refractivity contribution is 0.304. The van der Waals surface area contributed by atoms with Crippen LogP contribution in [0.25, 0.3) is 0 Å².